The van der Waals surface area contributed by atoms with Crippen molar-refractivity contribution in [1.29, 1.82) is 0 Å². The number of nitrogens with zero attached hydrogens (tertiary/aromatic N) is 4. The van der Waals surface area contributed by atoms with Crippen LogP contribution in [0, 0.1) is 6.92 Å². The number of carboxylic acids is 1. The molecule has 16 nitrogen and oxygen atoms in total. The van der Waals surface area contributed by atoms with Gasteiger partial charge in [-0.15, -0.1) is 29.9 Å². The predicted octanol–water partition coefficient (Wildman–Crippen LogP) is 7.99. The lowest BCUT2D eigenvalue weighted by molar-refractivity contribution is -0.193. The Morgan fingerprint density at radius 2 is 1.64 bits per heavy atom. The third-order valence-corrected chi connectivity index (χ3v) is 9.20. The van der Waals surface area contributed by atoms with Gasteiger partial charge >= 0.3 is 11.7 Å². The maximum atomic E-state index is 12.1. The van der Waals surface area contributed by atoms with Gasteiger partial charge in [-0.25, -0.2) is 4.79 Å². The fraction of sp³-hybridized carbons (Fsp3) is 0.512. The van der Waals surface area contributed by atoms with E-state index >= 15 is 0 Å². The smallest absolute Gasteiger partial charge is 0.442 e. The molecule has 0 spiro atoms. The number of carbonyl (C=O) groups is 3. The van der Waals surface area contributed by atoms with Gasteiger partial charge in [0.2, 0.25) is 11.8 Å². The number of aliphatic carboxylic acids is 1. The summed E-state index contributed by atoms with van der Waals surface area (Å²) < 4.78 is 27.2. The number of anilines is 1. The summed E-state index contributed by atoms with van der Waals surface area (Å²) in [6.45, 7) is 23.7. The van der Waals surface area contributed by atoms with Gasteiger partial charge in [-0.2, -0.15) is 4.68 Å². The number of aromatic nitrogens is 2. The molecule has 23 heteroatoms. The van der Waals surface area contributed by atoms with Crippen LogP contribution in [0.15, 0.2) is 64.9 Å². The molecule has 1 atom stereocenters. The maximum Gasteiger partial charge on any atom is 0.442 e. The van der Waals surface area contributed by atoms with Crippen molar-refractivity contribution >= 4 is 100.0 Å². The molecule has 0 aliphatic rings. The summed E-state index contributed by atoms with van der Waals surface area (Å²) in [6, 6.07) is 9.13. The first-order valence-corrected chi connectivity index (χ1v) is 26.4. The highest BCUT2D eigenvalue weighted by Gasteiger charge is 2.25. The average molecular weight is 1070 g/mol. The van der Waals surface area contributed by atoms with Crippen LogP contribution in [0.25, 0.3) is 5.69 Å². The summed E-state index contributed by atoms with van der Waals surface area (Å²) >= 11 is 28.8. The summed E-state index contributed by atoms with van der Waals surface area (Å²) in [7, 11) is -3.71. The number of para-hydroxylation sites is 1. The minimum absolute atomic E-state index is 0.0371. The standard InChI is InChI=1S/C15H18Cl2N2O3.C14H20ClNO2.C8H11Cl2NO.C3H8NO5P.C3H9S/c1-8(2)21-12-7-11(9(16)6-10(12)17)19-14(20)22-13(18-19)15(3,4)5;1-4-12-8-6-7-11(3)14(12)16(10-18-5-2)13(17)9-15;1-3-5-11(6-4-2)8(12)7(9)10;5-3(6)1-4-2-10(7,8)9;1-4(2)3/h6-8H,1-5H3;6-8H,4-5,9-10H2,1-3H3;3-4,7H,1-2,5-6H2;4H,1-2H2,(H,5,6)(H2,7,8,9);1-3H3/q;;;;+1/p-1. The first-order chi connectivity index (χ1) is 30.5. The minimum atomic E-state index is -4.35. The zero-order valence-corrected chi connectivity index (χ0v) is 44.9. The SMILES string of the molecule is C=CCN(CC=C)C(=O)C(Cl)Cl.CC(C)Oc1cc(-n2nc(C(C)(C)C)oc2=O)c(Cl)cc1Cl.CCOCN(C(=O)CCl)c1c(C)cccc1CC.C[S+](C)C.O=C(O)CNCP(=O)([O-])O. The van der Waals surface area contributed by atoms with Gasteiger partial charge in [0, 0.05) is 31.2 Å². The number of ether oxygens (including phenoxy) is 2. The van der Waals surface area contributed by atoms with Crippen molar-refractivity contribution in [2.75, 3.05) is 68.8 Å². The van der Waals surface area contributed by atoms with E-state index in [4.69, 9.17) is 81.9 Å². The number of nitrogens with one attached hydrogen (secondary N) is 1. The minimum Gasteiger partial charge on any atom is -0.778 e. The molecule has 0 saturated carbocycles. The van der Waals surface area contributed by atoms with Crippen LogP contribution in [0.5, 0.6) is 5.75 Å². The zero-order chi connectivity index (χ0) is 51.5. The predicted molar refractivity (Wildman–Crippen MR) is 270 cm³/mol. The van der Waals surface area contributed by atoms with Gasteiger partial charge in [0.05, 0.1) is 59.1 Å². The highest BCUT2D eigenvalue weighted by Crippen LogP contribution is 2.34. The van der Waals surface area contributed by atoms with Gasteiger partial charge < -0.3 is 38.2 Å². The molecular formula is C43H65Cl5N5O11PS. The molecule has 0 fully saturated rings. The van der Waals surface area contributed by atoms with E-state index in [0.29, 0.717) is 52.9 Å². The first-order valence-electron chi connectivity index (χ1n) is 20.1. The molecule has 374 valence electrons. The number of halogens is 5. The normalized spacial score (nSPS) is 11.6. The van der Waals surface area contributed by atoms with Gasteiger partial charge in [0.15, 0.2) is 4.84 Å². The Hall–Kier alpha value is -3.06. The molecular weight excluding hydrogens is 1000 g/mol. The Morgan fingerprint density at radius 3 is 2.05 bits per heavy atom. The second kappa shape index (κ2) is 33.4. The summed E-state index contributed by atoms with van der Waals surface area (Å²) in [5.74, 6) is -1.51. The van der Waals surface area contributed by atoms with Crippen molar-refractivity contribution in [2.24, 2.45) is 0 Å². The molecule has 2 aromatic carbocycles. The van der Waals surface area contributed by atoms with Crippen molar-refractivity contribution in [1.82, 2.24) is 20.0 Å². The van der Waals surface area contributed by atoms with Crippen LogP contribution in [-0.2, 0) is 46.4 Å². The third-order valence-electron chi connectivity index (χ3n) is 7.38. The number of benzene rings is 2. The maximum absolute atomic E-state index is 12.1. The molecule has 1 unspecified atom stereocenters. The van der Waals surface area contributed by atoms with Gasteiger partial charge in [0.25, 0.3) is 5.91 Å². The van der Waals surface area contributed by atoms with E-state index in [1.165, 1.54) is 11.0 Å². The number of hydrogen-bond donors (Lipinski definition) is 3. The largest absolute Gasteiger partial charge is 0.778 e. The van der Waals surface area contributed by atoms with E-state index in [1.54, 1.807) is 23.1 Å². The van der Waals surface area contributed by atoms with Crippen molar-refractivity contribution in [2.45, 2.75) is 78.2 Å². The summed E-state index contributed by atoms with van der Waals surface area (Å²) in [5, 5.41) is 14.8. The number of alkyl halides is 3. The highest BCUT2D eigenvalue weighted by molar-refractivity contribution is 7.94. The van der Waals surface area contributed by atoms with E-state index < -0.39 is 37.0 Å². The average Bonchev–Trinajstić information content (AvgIpc) is 3.60. The lowest BCUT2D eigenvalue weighted by Gasteiger charge is -2.25. The first kappa shape index (κ1) is 65.0. The number of carboxylic acid groups (broad SMARTS) is 1. The Balaban J connectivity index is 0. The van der Waals surface area contributed by atoms with Crippen LogP contribution < -0.4 is 25.6 Å². The molecule has 2 amide bonds. The van der Waals surface area contributed by atoms with Crippen LogP contribution >= 0.6 is 65.6 Å². The summed E-state index contributed by atoms with van der Waals surface area (Å²) in [4.78, 5) is 65.0. The van der Waals surface area contributed by atoms with Crippen molar-refractivity contribution in [3.63, 3.8) is 0 Å². The molecule has 0 aliphatic heterocycles. The fourth-order valence-electron chi connectivity index (χ4n) is 4.67. The molecule has 0 bridgehead atoms. The molecule has 1 heterocycles. The van der Waals surface area contributed by atoms with Crippen molar-refractivity contribution in [3.8, 4) is 11.4 Å². The Kier molecular flexibility index (Phi) is 32.9. The van der Waals surface area contributed by atoms with Crippen LogP contribution in [0.2, 0.25) is 10.0 Å². The molecule has 0 aliphatic carbocycles. The van der Waals surface area contributed by atoms with Gasteiger partial charge in [-0.3, -0.25) is 24.6 Å². The molecule has 66 heavy (non-hydrogen) atoms. The van der Waals surface area contributed by atoms with Gasteiger partial charge in [-0.1, -0.05) is 104 Å². The van der Waals surface area contributed by atoms with E-state index in [2.05, 4.69) is 43.9 Å². The van der Waals surface area contributed by atoms with Crippen molar-refractivity contribution < 1.29 is 47.7 Å². The van der Waals surface area contributed by atoms with Crippen LogP contribution in [0.3, 0.4) is 0 Å². The molecule has 3 N–H and O–H groups in total. The number of rotatable bonds is 18. The van der Waals surface area contributed by atoms with E-state index in [9.17, 15) is 28.6 Å². The molecule has 3 rings (SSSR count). The van der Waals surface area contributed by atoms with Gasteiger partial charge in [-0.05, 0) is 62.2 Å². The zero-order valence-electron chi connectivity index (χ0n) is 39.4. The molecule has 1 aromatic heterocycles. The van der Waals surface area contributed by atoms with Gasteiger partial charge in [0.1, 0.15) is 26.0 Å². The van der Waals surface area contributed by atoms with Crippen molar-refractivity contribution in [3.05, 3.63) is 93.3 Å². The Bertz CT molecular complexity index is 2060. The summed E-state index contributed by atoms with van der Waals surface area (Å²) in [5.41, 5.74) is 3.10. The number of hydrogen-bond acceptors (Lipinski definition) is 11. The van der Waals surface area contributed by atoms with Crippen LogP contribution in [0.4, 0.5) is 5.69 Å². The van der Waals surface area contributed by atoms with E-state index in [1.807, 2.05) is 72.0 Å². The lowest BCUT2D eigenvalue weighted by Crippen LogP contribution is -2.35. The Morgan fingerprint density at radius 1 is 1.08 bits per heavy atom. The number of carbonyl (C=O) groups excluding carboxylic acids is 2. The fourth-order valence-corrected chi connectivity index (χ4v) is 6.00. The molecule has 0 radical (unpaired) electrons. The monoisotopic (exact) mass is 1070 g/mol. The van der Waals surface area contributed by atoms with E-state index in [0.717, 1.165) is 27.9 Å². The highest BCUT2D eigenvalue weighted by atomic mass is 35.5. The molecule has 0 saturated heterocycles. The molecule has 3 aromatic rings. The second-order valence-corrected chi connectivity index (χ2v) is 21.4. The van der Waals surface area contributed by atoms with Crippen LogP contribution in [0.1, 0.15) is 65.5 Å². The second-order valence-electron chi connectivity index (χ2n) is 15.2. The quantitative estimate of drug-likeness (QED) is 0.0362. The third kappa shape index (κ3) is 27.1. The number of aryl methyl sites for hydroxylation is 2. The lowest BCUT2D eigenvalue weighted by atomic mass is 9.97. The topological polar surface area (TPSA) is 217 Å². The van der Waals surface area contributed by atoms with Crippen LogP contribution in [-0.4, -0.2) is 117 Å². The summed E-state index contributed by atoms with van der Waals surface area (Å²) in [6.07, 6.45) is 9.90. The van der Waals surface area contributed by atoms with E-state index in [-0.39, 0.29) is 41.0 Å². The number of amides is 2. The Labute approximate surface area is 417 Å².